The molecule has 0 radical (unpaired) electrons. The Labute approximate surface area is 106 Å². The molecule has 0 saturated heterocycles. The van der Waals surface area contributed by atoms with Crippen molar-refractivity contribution in [3.05, 3.63) is 0 Å². The van der Waals surface area contributed by atoms with E-state index in [9.17, 15) is 0 Å². The van der Waals surface area contributed by atoms with E-state index in [0.29, 0.717) is 5.41 Å². The highest BCUT2D eigenvalue weighted by atomic mass is 14.9. The molecular formula is C16H27N. The van der Waals surface area contributed by atoms with Gasteiger partial charge >= 0.3 is 0 Å². The molecule has 0 aromatic heterocycles. The van der Waals surface area contributed by atoms with E-state index in [0.717, 1.165) is 23.2 Å². The SMILES string of the molecule is CC12CC3CC(C1)CC(CNCC1CC1)(C3)C2. The van der Waals surface area contributed by atoms with Gasteiger partial charge in [0.25, 0.3) is 0 Å². The Morgan fingerprint density at radius 2 is 1.76 bits per heavy atom. The van der Waals surface area contributed by atoms with Crippen molar-refractivity contribution in [3.63, 3.8) is 0 Å². The Bertz CT molecular complexity index is 303. The summed E-state index contributed by atoms with van der Waals surface area (Å²) in [6.07, 6.45) is 12.3. The molecule has 4 bridgehead atoms. The summed E-state index contributed by atoms with van der Waals surface area (Å²) in [6.45, 7) is 5.24. The highest BCUT2D eigenvalue weighted by molar-refractivity contribution is 5.06. The lowest BCUT2D eigenvalue weighted by molar-refractivity contribution is -0.0998. The summed E-state index contributed by atoms with van der Waals surface area (Å²) < 4.78 is 0. The van der Waals surface area contributed by atoms with E-state index >= 15 is 0 Å². The van der Waals surface area contributed by atoms with Crippen molar-refractivity contribution in [1.82, 2.24) is 5.32 Å². The molecule has 5 aliphatic carbocycles. The van der Waals surface area contributed by atoms with Gasteiger partial charge in [0.05, 0.1) is 0 Å². The normalized spacial score (nSPS) is 52.1. The summed E-state index contributed by atoms with van der Waals surface area (Å²) in [7, 11) is 0. The largest absolute Gasteiger partial charge is 0.316 e. The molecule has 0 aliphatic heterocycles. The van der Waals surface area contributed by atoms with Crippen LogP contribution in [0.4, 0.5) is 0 Å². The van der Waals surface area contributed by atoms with Crippen molar-refractivity contribution < 1.29 is 0 Å². The van der Waals surface area contributed by atoms with E-state index in [1.54, 1.807) is 32.1 Å². The first-order chi connectivity index (χ1) is 8.15. The molecule has 17 heavy (non-hydrogen) atoms. The zero-order valence-electron chi connectivity index (χ0n) is 11.3. The first kappa shape index (κ1) is 10.8. The minimum atomic E-state index is 0.716. The third-order valence-electron chi connectivity index (χ3n) is 6.10. The van der Waals surface area contributed by atoms with Gasteiger partial charge in [-0.15, -0.1) is 0 Å². The van der Waals surface area contributed by atoms with Crippen LogP contribution in [0.3, 0.4) is 0 Å². The Kier molecular flexibility index (Phi) is 2.23. The van der Waals surface area contributed by atoms with Gasteiger partial charge in [-0.3, -0.25) is 0 Å². The van der Waals surface area contributed by atoms with Gasteiger partial charge in [-0.25, -0.2) is 0 Å². The van der Waals surface area contributed by atoms with Crippen molar-refractivity contribution in [1.29, 1.82) is 0 Å². The molecular weight excluding hydrogens is 206 g/mol. The van der Waals surface area contributed by atoms with E-state index in [-0.39, 0.29) is 0 Å². The van der Waals surface area contributed by atoms with Crippen LogP contribution in [0.1, 0.15) is 58.3 Å². The van der Waals surface area contributed by atoms with Crippen LogP contribution in [0, 0.1) is 28.6 Å². The predicted octanol–water partition coefficient (Wildman–Crippen LogP) is 3.59. The van der Waals surface area contributed by atoms with Crippen molar-refractivity contribution in [3.8, 4) is 0 Å². The van der Waals surface area contributed by atoms with Gasteiger partial charge in [0, 0.05) is 6.54 Å². The fraction of sp³-hybridized carbons (Fsp3) is 1.00. The minimum Gasteiger partial charge on any atom is -0.316 e. The van der Waals surface area contributed by atoms with Crippen LogP contribution in [0.5, 0.6) is 0 Å². The molecule has 5 saturated carbocycles. The van der Waals surface area contributed by atoms with E-state index in [2.05, 4.69) is 12.2 Å². The molecule has 1 nitrogen and oxygen atoms in total. The average Bonchev–Trinajstić information content (AvgIpc) is 2.96. The standard InChI is InChI=1S/C16H27N/c1-15-5-13-4-14(6-15)8-16(7-13,10-15)11-17-9-12-2-3-12/h12-14,17H,2-11H2,1H3. The second-order valence-corrected chi connectivity index (χ2v) is 8.35. The lowest BCUT2D eigenvalue weighted by atomic mass is 9.44. The van der Waals surface area contributed by atoms with Crippen LogP contribution in [0.15, 0.2) is 0 Å². The fourth-order valence-corrected chi connectivity index (χ4v) is 6.00. The highest BCUT2D eigenvalue weighted by Gasteiger charge is 2.55. The second kappa shape index (κ2) is 3.50. The molecule has 2 atom stereocenters. The molecule has 2 unspecified atom stereocenters. The van der Waals surface area contributed by atoms with Gasteiger partial charge in [-0.05, 0) is 86.5 Å². The van der Waals surface area contributed by atoms with Crippen molar-refractivity contribution in [2.24, 2.45) is 28.6 Å². The van der Waals surface area contributed by atoms with Crippen LogP contribution in [0.25, 0.3) is 0 Å². The molecule has 96 valence electrons. The number of nitrogens with one attached hydrogen (secondary N) is 1. The number of hydrogen-bond acceptors (Lipinski definition) is 1. The minimum absolute atomic E-state index is 0.716. The molecule has 1 N–H and O–H groups in total. The quantitative estimate of drug-likeness (QED) is 0.782. The maximum absolute atomic E-state index is 3.82. The topological polar surface area (TPSA) is 12.0 Å². The van der Waals surface area contributed by atoms with Crippen LogP contribution in [-0.2, 0) is 0 Å². The first-order valence-electron chi connectivity index (χ1n) is 7.86. The highest BCUT2D eigenvalue weighted by Crippen LogP contribution is 2.64. The van der Waals surface area contributed by atoms with Crippen LogP contribution in [-0.4, -0.2) is 13.1 Å². The molecule has 5 aliphatic rings. The summed E-state index contributed by atoms with van der Waals surface area (Å²) in [4.78, 5) is 0. The van der Waals surface area contributed by atoms with Gasteiger partial charge in [0.2, 0.25) is 0 Å². The monoisotopic (exact) mass is 233 g/mol. The smallest absolute Gasteiger partial charge is 0.000833 e. The van der Waals surface area contributed by atoms with Crippen LogP contribution >= 0.6 is 0 Å². The van der Waals surface area contributed by atoms with Gasteiger partial charge < -0.3 is 5.32 Å². The summed E-state index contributed by atoms with van der Waals surface area (Å²) in [6, 6.07) is 0. The maximum Gasteiger partial charge on any atom is 0.000833 e. The zero-order chi connectivity index (χ0) is 11.5. The van der Waals surface area contributed by atoms with E-state index in [1.165, 1.54) is 32.4 Å². The van der Waals surface area contributed by atoms with Crippen LogP contribution in [0.2, 0.25) is 0 Å². The van der Waals surface area contributed by atoms with Crippen molar-refractivity contribution in [2.75, 3.05) is 13.1 Å². The van der Waals surface area contributed by atoms with E-state index < -0.39 is 0 Å². The van der Waals surface area contributed by atoms with E-state index in [1.807, 2.05) is 0 Å². The molecule has 0 amide bonds. The van der Waals surface area contributed by atoms with E-state index in [4.69, 9.17) is 0 Å². The third kappa shape index (κ3) is 1.95. The summed E-state index contributed by atoms with van der Waals surface area (Å²) in [5.41, 5.74) is 1.44. The molecule has 0 heterocycles. The molecule has 1 heteroatoms. The lowest BCUT2D eigenvalue weighted by Gasteiger charge is -2.61. The van der Waals surface area contributed by atoms with Gasteiger partial charge in [0.1, 0.15) is 0 Å². The fourth-order valence-electron chi connectivity index (χ4n) is 6.00. The maximum atomic E-state index is 3.82. The van der Waals surface area contributed by atoms with Gasteiger partial charge in [0.15, 0.2) is 0 Å². The Morgan fingerprint density at radius 1 is 1.06 bits per heavy atom. The molecule has 5 fully saturated rings. The lowest BCUT2D eigenvalue weighted by Crippen LogP contribution is -2.54. The number of rotatable bonds is 4. The molecule has 0 spiro atoms. The molecule has 0 aromatic rings. The Morgan fingerprint density at radius 3 is 2.35 bits per heavy atom. The molecule has 0 aromatic carbocycles. The van der Waals surface area contributed by atoms with Crippen LogP contribution < -0.4 is 5.32 Å². The summed E-state index contributed by atoms with van der Waals surface area (Å²) >= 11 is 0. The number of hydrogen-bond donors (Lipinski definition) is 1. The summed E-state index contributed by atoms with van der Waals surface area (Å²) in [5, 5.41) is 3.82. The Balaban J connectivity index is 1.45. The average molecular weight is 233 g/mol. The van der Waals surface area contributed by atoms with Gasteiger partial charge in [-0.1, -0.05) is 6.92 Å². The first-order valence-corrected chi connectivity index (χ1v) is 7.86. The Hall–Kier alpha value is -0.0400. The molecule has 5 rings (SSSR count). The van der Waals surface area contributed by atoms with Crippen molar-refractivity contribution >= 4 is 0 Å². The predicted molar refractivity (Wildman–Crippen MR) is 70.8 cm³/mol. The van der Waals surface area contributed by atoms with Crippen molar-refractivity contribution in [2.45, 2.75) is 58.3 Å². The zero-order valence-corrected chi connectivity index (χ0v) is 11.3. The summed E-state index contributed by atoms with van der Waals surface area (Å²) in [5.74, 6) is 3.22. The second-order valence-electron chi connectivity index (χ2n) is 8.35. The third-order valence-corrected chi connectivity index (χ3v) is 6.10. The van der Waals surface area contributed by atoms with Gasteiger partial charge in [-0.2, -0.15) is 0 Å².